The highest BCUT2D eigenvalue weighted by Gasteiger charge is 2.15. The summed E-state index contributed by atoms with van der Waals surface area (Å²) < 4.78 is 4.92. The van der Waals surface area contributed by atoms with Crippen molar-refractivity contribution in [2.45, 2.75) is 40.7 Å². The van der Waals surface area contributed by atoms with Crippen LogP contribution in [0.4, 0.5) is 5.82 Å². The van der Waals surface area contributed by atoms with E-state index in [1.807, 2.05) is 0 Å². The monoisotopic (exact) mass is 402 g/mol. The lowest BCUT2D eigenvalue weighted by atomic mass is 10.2. The van der Waals surface area contributed by atoms with Gasteiger partial charge in [-0.25, -0.2) is 9.97 Å². The Hall–Kier alpha value is -2.13. The van der Waals surface area contributed by atoms with E-state index in [9.17, 15) is 14.4 Å². The third kappa shape index (κ3) is 7.83. The van der Waals surface area contributed by atoms with Crippen LogP contribution in [0.25, 0.3) is 0 Å². The first-order valence-electron chi connectivity index (χ1n) is 7.56. The zero-order chi connectivity index (χ0) is 19.0. The van der Waals surface area contributed by atoms with E-state index >= 15 is 0 Å². The van der Waals surface area contributed by atoms with Crippen molar-refractivity contribution in [2.75, 3.05) is 12.3 Å². The Labute approximate surface area is 164 Å². The maximum absolute atomic E-state index is 11.5. The number of amides is 1. The standard InChI is InChI=1S/C16H22N4O4S.ClH/c1-10(15(25-13(4)23)5-6-24-12(3)22)20(9-21)8-14-7-18-11(2)19-16(14)17;/h7,9H,5-6,8H2,1-4H3,(H2,17,18,19);1H. The molecule has 1 amide bonds. The quantitative estimate of drug-likeness (QED) is 0.430. The average Bonchev–Trinajstić information content (AvgIpc) is 2.52. The van der Waals surface area contributed by atoms with Crippen molar-refractivity contribution in [3.05, 3.63) is 28.2 Å². The second-order valence-corrected chi connectivity index (χ2v) is 6.53. The van der Waals surface area contributed by atoms with Crippen LogP contribution in [0.3, 0.4) is 0 Å². The molecule has 0 saturated heterocycles. The first-order chi connectivity index (χ1) is 11.7. The number of aromatic nitrogens is 2. The minimum absolute atomic E-state index is 0. The molecule has 2 N–H and O–H groups in total. The van der Waals surface area contributed by atoms with Crippen LogP contribution in [0.2, 0.25) is 0 Å². The molecule has 0 unspecified atom stereocenters. The Morgan fingerprint density at radius 2 is 2.04 bits per heavy atom. The van der Waals surface area contributed by atoms with E-state index in [0.29, 0.717) is 40.6 Å². The summed E-state index contributed by atoms with van der Waals surface area (Å²) in [5.41, 5.74) is 7.05. The van der Waals surface area contributed by atoms with Gasteiger partial charge < -0.3 is 27.8 Å². The second-order valence-electron chi connectivity index (χ2n) is 5.25. The fourth-order valence-electron chi connectivity index (χ4n) is 1.98. The predicted molar refractivity (Wildman–Crippen MR) is 96.1 cm³/mol. The van der Waals surface area contributed by atoms with Gasteiger partial charge in [0.25, 0.3) is 0 Å². The molecule has 0 bridgehead atoms. The van der Waals surface area contributed by atoms with E-state index in [1.165, 1.54) is 18.7 Å². The van der Waals surface area contributed by atoms with Gasteiger partial charge in [-0.3, -0.25) is 14.4 Å². The van der Waals surface area contributed by atoms with Crippen LogP contribution in [-0.2, 0) is 25.7 Å². The highest BCUT2D eigenvalue weighted by Crippen LogP contribution is 2.27. The van der Waals surface area contributed by atoms with Gasteiger partial charge in [-0.15, -0.1) is 0 Å². The van der Waals surface area contributed by atoms with Gasteiger partial charge in [0.05, 0.1) is 13.2 Å². The molecule has 0 aliphatic rings. The number of esters is 1. The van der Waals surface area contributed by atoms with Gasteiger partial charge in [-0.05, 0) is 13.8 Å². The van der Waals surface area contributed by atoms with E-state index < -0.39 is 5.97 Å². The van der Waals surface area contributed by atoms with Crippen LogP contribution in [0.15, 0.2) is 16.8 Å². The highest BCUT2D eigenvalue weighted by molar-refractivity contribution is 8.16. The van der Waals surface area contributed by atoms with Crippen LogP contribution in [0.5, 0.6) is 0 Å². The lowest BCUT2D eigenvalue weighted by Crippen LogP contribution is -3.00. The molecule has 8 nitrogen and oxygen atoms in total. The van der Waals surface area contributed by atoms with Gasteiger partial charge >= 0.3 is 7.40 Å². The highest BCUT2D eigenvalue weighted by atomic mass is 35.5. The van der Waals surface area contributed by atoms with Crippen LogP contribution in [0.1, 0.15) is 40.0 Å². The van der Waals surface area contributed by atoms with Gasteiger partial charge in [0.2, 0.25) is 6.41 Å². The van der Waals surface area contributed by atoms with Crippen molar-refractivity contribution in [1.82, 2.24) is 14.9 Å². The molecule has 0 radical (unpaired) electrons. The number of carbonyl (C=O) groups excluding carboxylic acids is 3. The van der Waals surface area contributed by atoms with Crippen LogP contribution < -0.4 is 18.1 Å². The predicted octanol–water partition coefficient (Wildman–Crippen LogP) is -1.09. The molecule has 1 aromatic heterocycles. The number of nitrogens with two attached hydrogens (primary N) is 1. The molecule has 0 saturated carbocycles. The number of halogens is 1. The molecular formula is C16H23ClN4O4S. The number of hydrogen-bond acceptors (Lipinski definition) is 8. The Morgan fingerprint density at radius 3 is 2.54 bits per heavy atom. The smallest absolute Gasteiger partial charge is 1.00 e. The topological polar surface area (TPSA) is 115 Å². The summed E-state index contributed by atoms with van der Waals surface area (Å²) >= 11 is 1.01. The van der Waals surface area contributed by atoms with Crippen molar-refractivity contribution in [1.29, 1.82) is 0 Å². The number of ether oxygens (including phenoxy) is 1. The molecule has 0 aliphatic carbocycles. The Morgan fingerprint density at radius 1 is 1.38 bits per heavy atom. The third-order valence-electron chi connectivity index (χ3n) is 3.22. The minimum Gasteiger partial charge on any atom is -1.00 e. The summed E-state index contributed by atoms with van der Waals surface area (Å²) in [5.74, 6) is 0.440. The fraction of sp³-hybridized carbons (Fsp3) is 0.438. The SMILES string of the molecule is CC(=O)OCCC(SC(C)=O)=C(C)N(C=O)Cc1cnc(C)nc1N.[Cl-].[H+]. The molecule has 1 heterocycles. The molecule has 1 aromatic rings. The van der Waals surface area contributed by atoms with Crippen molar-refractivity contribution in [2.24, 2.45) is 0 Å². The third-order valence-corrected chi connectivity index (χ3v) is 4.26. The Bertz CT molecular complexity index is 703. The number of aryl methyl sites for hydroxylation is 1. The average molecular weight is 403 g/mol. The van der Waals surface area contributed by atoms with Gasteiger partial charge in [-0.2, -0.15) is 0 Å². The van der Waals surface area contributed by atoms with Gasteiger partial charge in [0.1, 0.15) is 11.6 Å². The molecular weight excluding hydrogens is 380 g/mol. The van der Waals surface area contributed by atoms with E-state index in [2.05, 4.69) is 9.97 Å². The van der Waals surface area contributed by atoms with Crippen molar-refractivity contribution < 1.29 is 33.0 Å². The number of anilines is 1. The molecule has 144 valence electrons. The zero-order valence-electron chi connectivity index (χ0n) is 16.1. The lowest BCUT2D eigenvalue weighted by Gasteiger charge is -2.22. The van der Waals surface area contributed by atoms with E-state index in [4.69, 9.17) is 10.5 Å². The number of allylic oxidation sites excluding steroid dienone is 1. The molecule has 0 aromatic carbocycles. The minimum atomic E-state index is -0.401. The van der Waals surface area contributed by atoms with Crippen LogP contribution in [0, 0.1) is 6.92 Å². The van der Waals surface area contributed by atoms with Gasteiger partial charge in [0, 0.05) is 42.6 Å². The van der Waals surface area contributed by atoms with Gasteiger partial charge in [0.15, 0.2) is 5.12 Å². The molecule has 0 fully saturated rings. The Balaban J connectivity index is 0. The van der Waals surface area contributed by atoms with E-state index in [1.54, 1.807) is 20.0 Å². The largest absolute Gasteiger partial charge is 1.00 e. The molecule has 0 spiro atoms. The summed E-state index contributed by atoms with van der Waals surface area (Å²) in [6, 6.07) is 0. The molecule has 26 heavy (non-hydrogen) atoms. The zero-order valence-corrected chi connectivity index (χ0v) is 16.7. The fourth-order valence-corrected chi connectivity index (χ4v) is 2.78. The summed E-state index contributed by atoms with van der Waals surface area (Å²) in [6.07, 6.45) is 2.55. The second kappa shape index (κ2) is 11.5. The summed E-state index contributed by atoms with van der Waals surface area (Å²) in [5, 5.41) is -0.124. The molecule has 0 atom stereocenters. The maximum atomic E-state index is 11.5. The van der Waals surface area contributed by atoms with Crippen molar-refractivity contribution in [3.8, 4) is 0 Å². The number of nitrogens with zero attached hydrogens (tertiary/aromatic N) is 3. The normalized spacial score (nSPS) is 11.1. The number of hydrogen-bond donors (Lipinski definition) is 1. The number of nitrogen functional groups attached to an aromatic ring is 1. The number of thioether (sulfide) groups is 1. The summed E-state index contributed by atoms with van der Waals surface area (Å²) in [6.45, 7) is 6.49. The van der Waals surface area contributed by atoms with Crippen molar-refractivity contribution >= 4 is 35.1 Å². The molecule has 1 rings (SSSR count). The van der Waals surface area contributed by atoms with Crippen LogP contribution in [-0.4, -0.2) is 39.0 Å². The van der Waals surface area contributed by atoms with Crippen molar-refractivity contribution in [3.63, 3.8) is 0 Å². The molecule has 10 heteroatoms. The first-order valence-corrected chi connectivity index (χ1v) is 8.37. The molecule has 0 aliphatic heterocycles. The number of carbonyl (C=O) groups is 3. The lowest BCUT2D eigenvalue weighted by molar-refractivity contribution is -0.140. The van der Waals surface area contributed by atoms with E-state index in [-0.39, 0.29) is 32.1 Å². The number of rotatable bonds is 8. The van der Waals surface area contributed by atoms with E-state index in [0.717, 1.165) is 11.8 Å². The van der Waals surface area contributed by atoms with Crippen LogP contribution >= 0.6 is 11.8 Å². The summed E-state index contributed by atoms with van der Waals surface area (Å²) in [4.78, 5) is 44.2. The van der Waals surface area contributed by atoms with Gasteiger partial charge in [-0.1, -0.05) is 11.8 Å². The first kappa shape index (κ1) is 23.9. The maximum Gasteiger partial charge on any atom is 1.00 e. The summed E-state index contributed by atoms with van der Waals surface area (Å²) in [7, 11) is 0. The Kier molecular flexibility index (Phi) is 10.5.